The Balaban J connectivity index is 1.73. The minimum atomic E-state index is -0.466. The summed E-state index contributed by atoms with van der Waals surface area (Å²) in [5.74, 6) is 0.537. The Kier molecular flexibility index (Phi) is 5.47. The Bertz CT molecular complexity index is 718. The van der Waals surface area contributed by atoms with Crippen molar-refractivity contribution in [3.05, 3.63) is 24.0 Å². The molecule has 1 saturated carbocycles. The van der Waals surface area contributed by atoms with E-state index < -0.39 is 5.82 Å². The molecule has 1 aliphatic carbocycles. The maximum Gasteiger partial charge on any atom is 0.233 e. The molecule has 0 atom stereocenters. The molecule has 0 spiro atoms. The van der Waals surface area contributed by atoms with Crippen molar-refractivity contribution in [1.29, 1.82) is 0 Å². The highest BCUT2D eigenvalue weighted by Crippen LogP contribution is 2.24. The van der Waals surface area contributed by atoms with Crippen LogP contribution in [0.25, 0.3) is 0 Å². The molecule has 8 heteroatoms. The summed E-state index contributed by atoms with van der Waals surface area (Å²) in [7, 11) is 1.42. The molecule has 2 aromatic rings. The first kappa shape index (κ1) is 17.2. The summed E-state index contributed by atoms with van der Waals surface area (Å²) in [6, 6.07) is 4.88. The fourth-order valence-electron chi connectivity index (χ4n) is 2.99. The van der Waals surface area contributed by atoms with Gasteiger partial charge in [0.05, 0.1) is 7.11 Å². The number of nitrogens with two attached hydrogens (primary N) is 1. The van der Waals surface area contributed by atoms with Crippen LogP contribution >= 0.6 is 0 Å². The van der Waals surface area contributed by atoms with Crippen LogP contribution in [0.5, 0.6) is 5.75 Å². The number of rotatable bonds is 5. The molecule has 0 bridgehead atoms. The third-order valence-corrected chi connectivity index (χ3v) is 4.25. The molecule has 0 saturated heterocycles. The van der Waals surface area contributed by atoms with Gasteiger partial charge in [-0.25, -0.2) is 4.39 Å². The highest BCUT2D eigenvalue weighted by molar-refractivity contribution is 5.56. The molecule has 0 unspecified atom stereocenters. The van der Waals surface area contributed by atoms with Crippen molar-refractivity contribution in [3.63, 3.8) is 0 Å². The molecule has 4 N–H and O–H groups in total. The summed E-state index contributed by atoms with van der Waals surface area (Å²) in [5, 5.41) is 6.29. The summed E-state index contributed by atoms with van der Waals surface area (Å²) in [6.07, 6.45) is 7.14. The van der Waals surface area contributed by atoms with Crippen LogP contribution in [-0.4, -0.2) is 28.1 Å². The first-order chi connectivity index (χ1) is 12.1. The predicted octanol–water partition coefficient (Wildman–Crippen LogP) is 3.48. The van der Waals surface area contributed by atoms with Crippen LogP contribution in [0.1, 0.15) is 38.5 Å². The average molecular weight is 346 g/mol. The molecule has 134 valence electrons. The van der Waals surface area contributed by atoms with E-state index in [1.165, 1.54) is 44.9 Å². The van der Waals surface area contributed by atoms with Gasteiger partial charge in [-0.05, 0) is 25.0 Å². The van der Waals surface area contributed by atoms with Crippen molar-refractivity contribution in [2.45, 2.75) is 44.6 Å². The molecule has 0 amide bonds. The largest absolute Gasteiger partial charge is 0.494 e. The van der Waals surface area contributed by atoms with Gasteiger partial charge in [0, 0.05) is 17.8 Å². The fourth-order valence-corrected chi connectivity index (χ4v) is 2.99. The number of nitrogen functional groups attached to an aromatic ring is 1. The number of aromatic nitrogens is 3. The summed E-state index contributed by atoms with van der Waals surface area (Å²) in [4.78, 5) is 12.6. The minimum Gasteiger partial charge on any atom is -0.494 e. The van der Waals surface area contributed by atoms with Gasteiger partial charge in [0.25, 0.3) is 0 Å². The van der Waals surface area contributed by atoms with E-state index in [2.05, 4.69) is 25.6 Å². The lowest BCUT2D eigenvalue weighted by molar-refractivity contribution is 0.386. The van der Waals surface area contributed by atoms with Crippen LogP contribution in [0.15, 0.2) is 18.2 Å². The van der Waals surface area contributed by atoms with Crippen molar-refractivity contribution in [1.82, 2.24) is 15.0 Å². The first-order valence-corrected chi connectivity index (χ1v) is 8.52. The third kappa shape index (κ3) is 4.68. The SMILES string of the molecule is COc1ccc(Nc2nc(N)nc(NC3CCCCCC3)n2)cc1F. The highest BCUT2D eigenvalue weighted by atomic mass is 19.1. The van der Waals surface area contributed by atoms with Crippen LogP contribution in [-0.2, 0) is 0 Å². The standard InChI is InChI=1S/C17H23FN6O/c1-25-14-9-8-12(10-13(14)18)21-17-23-15(19)22-16(24-17)20-11-6-4-2-3-5-7-11/h8-11H,2-7H2,1H3,(H4,19,20,21,22,23,24). The van der Waals surface area contributed by atoms with Crippen LogP contribution in [0.4, 0.5) is 27.9 Å². The Labute approximate surface area is 146 Å². The Morgan fingerprint density at radius 1 is 1.08 bits per heavy atom. The third-order valence-electron chi connectivity index (χ3n) is 4.25. The van der Waals surface area contributed by atoms with Crippen molar-refractivity contribution in [3.8, 4) is 5.75 Å². The van der Waals surface area contributed by atoms with Crippen molar-refractivity contribution in [2.75, 3.05) is 23.5 Å². The Morgan fingerprint density at radius 2 is 1.80 bits per heavy atom. The number of ether oxygens (including phenoxy) is 1. The number of nitrogens with one attached hydrogen (secondary N) is 2. The van der Waals surface area contributed by atoms with Gasteiger partial charge in [0.15, 0.2) is 11.6 Å². The van der Waals surface area contributed by atoms with Crippen molar-refractivity contribution >= 4 is 23.5 Å². The number of methoxy groups -OCH3 is 1. The maximum atomic E-state index is 13.8. The Morgan fingerprint density at radius 3 is 2.48 bits per heavy atom. The summed E-state index contributed by atoms with van der Waals surface area (Å²) < 4.78 is 18.7. The van der Waals surface area contributed by atoms with E-state index >= 15 is 0 Å². The molecule has 7 nitrogen and oxygen atoms in total. The molecule has 1 aromatic heterocycles. The summed E-state index contributed by atoms with van der Waals surface area (Å²) in [5.41, 5.74) is 6.29. The van der Waals surface area contributed by atoms with E-state index in [9.17, 15) is 4.39 Å². The molecule has 1 aliphatic rings. The molecule has 25 heavy (non-hydrogen) atoms. The van der Waals surface area contributed by atoms with Crippen molar-refractivity contribution < 1.29 is 9.13 Å². The molecular weight excluding hydrogens is 323 g/mol. The van der Waals surface area contributed by atoms with Crippen LogP contribution in [0.3, 0.4) is 0 Å². The monoisotopic (exact) mass is 346 g/mol. The van der Waals surface area contributed by atoms with E-state index in [1.54, 1.807) is 6.07 Å². The lowest BCUT2D eigenvalue weighted by Crippen LogP contribution is -2.21. The highest BCUT2D eigenvalue weighted by Gasteiger charge is 2.14. The molecule has 1 heterocycles. The first-order valence-electron chi connectivity index (χ1n) is 8.52. The summed E-state index contributed by atoms with van der Waals surface area (Å²) in [6.45, 7) is 0. The minimum absolute atomic E-state index is 0.114. The number of anilines is 4. The number of benzene rings is 1. The van der Waals surface area contributed by atoms with Gasteiger partial charge in [0.2, 0.25) is 17.8 Å². The van der Waals surface area contributed by atoms with E-state index in [0.29, 0.717) is 17.7 Å². The van der Waals surface area contributed by atoms with Gasteiger partial charge in [-0.1, -0.05) is 25.7 Å². The van der Waals surface area contributed by atoms with Crippen LogP contribution < -0.4 is 21.1 Å². The second-order valence-corrected chi connectivity index (χ2v) is 6.15. The van der Waals surface area contributed by atoms with Crippen LogP contribution in [0, 0.1) is 5.82 Å². The average Bonchev–Trinajstić information content (AvgIpc) is 2.83. The fraction of sp³-hybridized carbons (Fsp3) is 0.471. The molecule has 0 radical (unpaired) electrons. The number of halogens is 1. The number of hydrogen-bond acceptors (Lipinski definition) is 7. The van der Waals surface area contributed by atoms with Gasteiger partial charge in [-0.2, -0.15) is 15.0 Å². The maximum absolute atomic E-state index is 13.8. The van der Waals surface area contributed by atoms with E-state index in [4.69, 9.17) is 10.5 Å². The predicted molar refractivity (Wildman–Crippen MR) is 95.6 cm³/mol. The smallest absolute Gasteiger partial charge is 0.233 e. The molecule has 0 aliphatic heterocycles. The van der Waals surface area contributed by atoms with Gasteiger partial charge < -0.3 is 21.1 Å². The lowest BCUT2D eigenvalue weighted by Gasteiger charge is -2.16. The van der Waals surface area contributed by atoms with Gasteiger partial charge in [-0.3, -0.25) is 0 Å². The summed E-state index contributed by atoms with van der Waals surface area (Å²) >= 11 is 0. The zero-order valence-corrected chi connectivity index (χ0v) is 14.3. The van der Waals surface area contributed by atoms with E-state index in [0.717, 1.165) is 12.8 Å². The lowest BCUT2D eigenvalue weighted by atomic mass is 10.1. The second kappa shape index (κ2) is 7.96. The molecule has 1 fully saturated rings. The molecular formula is C17H23FN6O. The van der Waals surface area contributed by atoms with Gasteiger partial charge in [0.1, 0.15) is 0 Å². The zero-order valence-electron chi connectivity index (χ0n) is 14.3. The topological polar surface area (TPSA) is 98.0 Å². The van der Waals surface area contributed by atoms with Crippen molar-refractivity contribution in [2.24, 2.45) is 0 Å². The quantitative estimate of drug-likeness (QED) is 0.713. The number of hydrogen-bond donors (Lipinski definition) is 3. The number of nitrogens with zero attached hydrogens (tertiary/aromatic N) is 3. The zero-order chi connectivity index (χ0) is 17.6. The molecule has 1 aromatic carbocycles. The Hall–Kier alpha value is -2.64. The second-order valence-electron chi connectivity index (χ2n) is 6.15. The van der Waals surface area contributed by atoms with E-state index in [-0.39, 0.29) is 17.6 Å². The van der Waals surface area contributed by atoms with E-state index in [1.807, 2.05) is 0 Å². The van der Waals surface area contributed by atoms with Crippen LogP contribution in [0.2, 0.25) is 0 Å². The normalized spacial score (nSPS) is 15.4. The van der Waals surface area contributed by atoms with Gasteiger partial charge in [-0.15, -0.1) is 0 Å². The van der Waals surface area contributed by atoms with Gasteiger partial charge >= 0.3 is 0 Å². The molecule has 3 rings (SSSR count).